The maximum Gasteiger partial charge on any atom is 0.181 e. The van der Waals surface area contributed by atoms with Crippen LogP contribution in [-0.4, -0.2) is 65.1 Å². The van der Waals surface area contributed by atoms with Gasteiger partial charge >= 0.3 is 0 Å². The van der Waals surface area contributed by atoms with E-state index in [1.54, 1.807) is 60.1 Å². The highest BCUT2D eigenvalue weighted by molar-refractivity contribution is 7.17. The summed E-state index contributed by atoms with van der Waals surface area (Å²) in [5.41, 5.74) is 9.37. The summed E-state index contributed by atoms with van der Waals surface area (Å²) in [6, 6.07) is 60.7. The summed E-state index contributed by atoms with van der Waals surface area (Å²) in [4.78, 5) is 15.5. The summed E-state index contributed by atoms with van der Waals surface area (Å²) in [7, 11) is 0. The van der Waals surface area contributed by atoms with Gasteiger partial charge in [-0.2, -0.15) is 14.6 Å². The molecule has 0 amide bonds. The maximum atomic E-state index is 5.12. The quantitative estimate of drug-likeness (QED) is 0.139. The second kappa shape index (κ2) is 82.2. The van der Waals surface area contributed by atoms with E-state index in [1.807, 2.05) is 285 Å². The molecule has 0 fully saturated rings. The van der Waals surface area contributed by atoms with Gasteiger partial charge in [0, 0.05) is 50.1 Å². The number of hydrogen-bond donors (Lipinski definition) is 0. The van der Waals surface area contributed by atoms with Crippen molar-refractivity contribution in [1.29, 1.82) is 0 Å². The number of allylic oxidation sites excluding steroid dienone is 1. The van der Waals surface area contributed by atoms with Crippen molar-refractivity contribution < 1.29 is 17.9 Å². The molecule has 0 bridgehead atoms. The highest BCUT2D eigenvalue weighted by atomic mass is 32.1. The lowest BCUT2D eigenvalue weighted by Gasteiger charge is -1.93. The Morgan fingerprint density at radius 2 is 1.02 bits per heavy atom. The molecule has 18 rings (SSSR count). The summed E-state index contributed by atoms with van der Waals surface area (Å²) < 4.78 is 30.7. The van der Waals surface area contributed by atoms with Crippen LogP contribution in [0.25, 0.3) is 69.5 Å². The van der Waals surface area contributed by atoms with E-state index in [9.17, 15) is 0 Å². The zero-order valence-corrected chi connectivity index (χ0v) is 69.6. The van der Waals surface area contributed by atoms with Crippen molar-refractivity contribution in [3.8, 4) is 0 Å². The number of azo groups is 1. The molecule has 0 atom stereocenters. The van der Waals surface area contributed by atoms with Gasteiger partial charge in [-0.15, -0.1) is 32.9 Å². The van der Waals surface area contributed by atoms with E-state index >= 15 is 0 Å². The molecule has 0 spiro atoms. The standard InChI is InChI=1S/C9H8.C8H6O.C8H6S.2C7H5NO.2C7H5NS.2C3H4N2.C2H2N2O.C2H2N2S.11C2H6.CH4/c1-2-5-9-7-3-6-8(9)4-1;2*1-2-4-8-7(3-1)5-6-9-8;1-2-4-7-6(3-1)8-5-9-7;1-2-4-7-6(3-1)5-8-9-7;1-2-4-7-6(3-1)8-5-9-7;1-2-4-7-6(3-1)5-8-9-7;1-2-5-3-4-1;1-2-4-5-3-1;2*1-2-5-4-3-1;11*1-2;/h1-6H,7H2;2*1-6H;4*1-5H;1,3H,2H2;1-2H,3H2;2*1-2H;11*1-2H3;1H4. The molecule has 1 aliphatic carbocycles. The van der Waals surface area contributed by atoms with Gasteiger partial charge in [-0.25, -0.2) is 15.0 Å². The summed E-state index contributed by atoms with van der Waals surface area (Å²) >= 11 is 6.35. The number of thiazole rings is 1. The highest BCUT2D eigenvalue weighted by Gasteiger charge is 2.00. The zero-order valence-electron chi connectivity index (χ0n) is 66.3. The van der Waals surface area contributed by atoms with Crippen molar-refractivity contribution in [2.45, 2.75) is 166 Å². The first-order valence-corrected chi connectivity index (χ1v) is 39.8. The van der Waals surface area contributed by atoms with Crippen LogP contribution in [-0.2, 0) is 6.42 Å². The first-order chi connectivity index (χ1) is 52.3. The Balaban J connectivity index is -0.000000345. The molecule has 2 aliphatic heterocycles. The van der Waals surface area contributed by atoms with E-state index in [1.165, 1.54) is 77.9 Å². The number of fused-ring (bicyclic) bond motifs is 7. The maximum absolute atomic E-state index is 5.12. The molecule has 0 unspecified atom stereocenters. The predicted molar refractivity (Wildman–Crippen MR) is 471 cm³/mol. The summed E-state index contributed by atoms with van der Waals surface area (Å²) in [6.45, 7) is 45.6. The summed E-state index contributed by atoms with van der Waals surface area (Å²) in [5, 5.41) is 29.4. The molecule has 0 N–H and O–H groups in total. The first kappa shape index (κ1) is 105. The van der Waals surface area contributed by atoms with Gasteiger partial charge < -0.3 is 17.9 Å². The number of rotatable bonds is 0. The number of nitrogens with zero attached hydrogens (tertiary/aromatic N) is 12. The van der Waals surface area contributed by atoms with Gasteiger partial charge in [-0.1, -0.05) is 297 Å². The fraction of sp³-hybridized carbons (Fsp3) is 0.302. The molecular weight excluding hydrogens is 1390 g/mol. The number of benzene rings is 7. The SMILES string of the molecule is C.C1=CN=NC1.C1=Cc2ccccc2C1.C1=NC=NC1.CC.CC.CC.CC.CC.CC.CC.CC.CC.CC.CC.c1ccc2occc2c1.c1ccc2ocnc2c1.c1ccc2oncc2c1.c1ccc2sccc2c1.c1ccc2scnc2c1.c1ccc2sncc2c1.c1conn1.c1csnn1. The van der Waals surface area contributed by atoms with Crippen LogP contribution in [0.5, 0.6) is 0 Å². The smallest absolute Gasteiger partial charge is 0.181 e. The molecule has 0 saturated carbocycles. The zero-order chi connectivity index (χ0) is 78.9. The van der Waals surface area contributed by atoms with Crippen LogP contribution in [0.3, 0.4) is 0 Å². The van der Waals surface area contributed by atoms with Crippen LogP contribution < -0.4 is 0 Å². The number of furan rings is 1. The number of hydrogen-bond acceptors (Lipinski definition) is 20. The number of thiophene rings is 1. The minimum atomic E-state index is 0. The Hall–Kier alpha value is -10.1. The minimum Gasteiger partial charge on any atom is -0.464 e. The van der Waals surface area contributed by atoms with Gasteiger partial charge in [0.1, 0.15) is 23.7 Å². The van der Waals surface area contributed by atoms with Gasteiger partial charge in [0.2, 0.25) is 0 Å². The lowest BCUT2D eigenvalue weighted by molar-refractivity contribution is 0.393. The molecule has 574 valence electrons. The van der Waals surface area contributed by atoms with Gasteiger partial charge in [0.05, 0.1) is 58.4 Å². The van der Waals surface area contributed by atoms with E-state index < -0.39 is 0 Å². The van der Waals surface area contributed by atoms with E-state index in [0.29, 0.717) is 0 Å². The van der Waals surface area contributed by atoms with Crippen LogP contribution in [0, 0.1) is 0 Å². The molecular formula is C86H122N12O4S4. The molecule has 20 heteroatoms. The van der Waals surface area contributed by atoms with Crippen molar-refractivity contribution in [1.82, 2.24) is 39.5 Å². The Bertz CT molecular complexity index is 3490. The fourth-order valence-electron chi connectivity index (χ4n) is 6.98. The topological polar surface area (TPSA) is 205 Å². The molecule has 16 nitrogen and oxygen atoms in total. The van der Waals surface area contributed by atoms with Crippen molar-refractivity contribution in [3.05, 3.63) is 271 Å². The Kier molecular flexibility index (Phi) is 81.0. The number of para-hydroxylation sites is 5. The average Bonchev–Trinajstić information content (AvgIpc) is 1.86. The van der Waals surface area contributed by atoms with E-state index in [-0.39, 0.29) is 7.43 Å². The van der Waals surface area contributed by atoms with E-state index in [4.69, 9.17) is 13.4 Å². The minimum absolute atomic E-state index is 0. The normalized spacial score (nSPS) is 9.42. The summed E-state index contributed by atoms with van der Waals surface area (Å²) in [6.07, 6.45) is 23.7. The van der Waals surface area contributed by atoms with Crippen LogP contribution in [0.2, 0.25) is 0 Å². The Morgan fingerprint density at radius 1 is 0.434 bits per heavy atom. The number of oxazole rings is 1. The van der Waals surface area contributed by atoms with Crippen LogP contribution >= 0.6 is 45.7 Å². The van der Waals surface area contributed by atoms with Crippen LogP contribution in [0.1, 0.15) is 171 Å². The average molecular weight is 1520 g/mol. The second-order valence-electron chi connectivity index (χ2n) is 16.4. The Labute approximate surface area is 651 Å². The molecule has 8 aromatic heterocycles. The van der Waals surface area contributed by atoms with Crippen LogP contribution in [0.15, 0.2) is 298 Å². The largest absolute Gasteiger partial charge is 0.464 e. The van der Waals surface area contributed by atoms with Crippen molar-refractivity contribution in [2.75, 3.05) is 13.1 Å². The molecule has 10 heterocycles. The number of aromatic nitrogens is 8. The molecule has 0 radical (unpaired) electrons. The van der Waals surface area contributed by atoms with Gasteiger partial charge in [-0.05, 0) is 124 Å². The Morgan fingerprint density at radius 3 is 1.51 bits per heavy atom. The molecule has 106 heavy (non-hydrogen) atoms. The van der Waals surface area contributed by atoms with Gasteiger partial charge in [0.15, 0.2) is 17.6 Å². The fourth-order valence-corrected chi connectivity index (χ4v) is 9.37. The molecule has 7 aromatic carbocycles. The van der Waals surface area contributed by atoms with Crippen molar-refractivity contribution in [2.24, 2.45) is 20.2 Å². The molecule has 3 aliphatic rings. The third-order valence-electron chi connectivity index (χ3n) is 10.9. The monoisotopic (exact) mass is 1510 g/mol. The third kappa shape index (κ3) is 48.8. The van der Waals surface area contributed by atoms with Gasteiger partial charge in [0.25, 0.3) is 0 Å². The summed E-state index contributed by atoms with van der Waals surface area (Å²) in [5.74, 6) is 0. The highest BCUT2D eigenvalue weighted by Crippen LogP contribution is 2.20. The van der Waals surface area contributed by atoms with E-state index in [0.717, 1.165) is 58.1 Å². The lowest BCUT2D eigenvalue weighted by Crippen LogP contribution is -1.76. The van der Waals surface area contributed by atoms with Crippen molar-refractivity contribution >= 4 is 128 Å². The molecule has 15 aromatic rings. The number of aliphatic imine (C=N–C) groups is 2. The van der Waals surface area contributed by atoms with Crippen molar-refractivity contribution in [3.63, 3.8) is 0 Å². The molecule has 0 saturated heterocycles. The predicted octanol–water partition coefficient (Wildman–Crippen LogP) is 29.4. The third-order valence-corrected chi connectivity index (χ3v) is 13.8. The van der Waals surface area contributed by atoms with Crippen LogP contribution in [0.4, 0.5) is 0 Å². The second-order valence-corrected chi connectivity index (χ2v) is 19.7. The lowest BCUT2D eigenvalue weighted by atomic mass is 10.1. The van der Waals surface area contributed by atoms with E-state index in [2.05, 4.69) is 155 Å². The van der Waals surface area contributed by atoms with Gasteiger partial charge in [-0.3, -0.25) is 4.99 Å². The first-order valence-electron chi connectivity index (χ1n) is 36.4.